The number of benzene rings is 1. The zero-order valence-corrected chi connectivity index (χ0v) is 16.1. The monoisotopic (exact) mass is 388 g/mol. The first-order chi connectivity index (χ1) is 12.6. The number of ether oxygens (including phenoxy) is 1. The number of halogens is 1. The highest BCUT2D eigenvalue weighted by Crippen LogP contribution is 2.52. The van der Waals surface area contributed by atoms with Crippen molar-refractivity contribution < 1.29 is 19.1 Å². The van der Waals surface area contributed by atoms with Crippen LogP contribution in [-0.4, -0.2) is 36.0 Å². The van der Waals surface area contributed by atoms with Crippen molar-refractivity contribution in [1.82, 2.24) is 5.32 Å². The van der Waals surface area contributed by atoms with Crippen molar-refractivity contribution in [2.75, 3.05) is 11.4 Å². The maximum atomic E-state index is 13.2. The van der Waals surface area contributed by atoms with Gasteiger partial charge in [0.2, 0.25) is 17.7 Å². The van der Waals surface area contributed by atoms with Crippen molar-refractivity contribution in [3.63, 3.8) is 0 Å². The molecule has 1 N–H and O–H groups in total. The molecule has 1 aromatic carbocycles. The molecule has 0 aliphatic carbocycles. The van der Waals surface area contributed by atoms with Gasteiger partial charge in [-0.15, -0.1) is 0 Å². The molecule has 3 amide bonds. The summed E-state index contributed by atoms with van der Waals surface area (Å²) in [7, 11) is 0. The van der Waals surface area contributed by atoms with Crippen LogP contribution in [0.4, 0.5) is 5.69 Å². The standard InChI is InChI=1S/C20H21ClN2O4/c1-19(2,3)18(26)22-10-20-9-8-13(27-20)14-15(20)17(25)23(16(14)24)12-6-4-11(21)5-7-12/h4-9,13-15H,10H2,1-3H3,(H,22,26)/t13-,14+,15+,20+/m0/s1. The molecule has 142 valence electrons. The summed E-state index contributed by atoms with van der Waals surface area (Å²) in [5.74, 6) is -1.91. The molecular weight excluding hydrogens is 368 g/mol. The predicted molar refractivity (Wildman–Crippen MR) is 100 cm³/mol. The van der Waals surface area contributed by atoms with Gasteiger partial charge >= 0.3 is 0 Å². The summed E-state index contributed by atoms with van der Waals surface area (Å²) >= 11 is 5.91. The molecule has 7 heteroatoms. The second-order valence-corrected chi connectivity index (χ2v) is 8.76. The Balaban J connectivity index is 1.62. The van der Waals surface area contributed by atoms with E-state index in [4.69, 9.17) is 16.3 Å². The van der Waals surface area contributed by atoms with Crippen molar-refractivity contribution in [3.8, 4) is 0 Å². The number of hydrogen-bond donors (Lipinski definition) is 1. The molecule has 0 radical (unpaired) electrons. The summed E-state index contributed by atoms with van der Waals surface area (Å²) in [5, 5.41) is 3.41. The minimum Gasteiger partial charge on any atom is -0.360 e. The van der Waals surface area contributed by atoms with Gasteiger partial charge in [-0.2, -0.15) is 0 Å². The highest BCUT2D eigenvalue weighted by atomic mass is 35.5. The molecule has 4 atom stereocenters. The summed E-state index contributed by atoms with van der Waals surface area (Å²) in [6, 6.07) is 6.61. The molecular formula is C20H21ClN2O4. The van der Waals surface area contributed by atoms with Gasteiger partial charge in [-0.3, -0.25) is 14.4 Å². The fraction of sp³-hybridized carbons (Fsp3) is 0.450. The normalized spacial score (nSPS) is 31.6. The number of hydrogen-bond acceptors (Lipinski definition) is 4. The van der Waals surface area contributed by atoms with Crippen LogP contribution in [-0.2, 0) is 19.1 Å². The highest BCUT2D eigenvalue weighted by molar-refractivity contribution is 6.31. The van der Waals surface area contributed by atoms with E-state index in [9.17, 15) is 14.4 Å². The lowest BCUT2D eigenvalue weighted by Crippen LogP contribution is -2.50. The molecule has 0 spiro atoms. The van der Waals surface area contributed by atoms with Crippen LogP contribution in [0.2, 0.25) is 5.02 Å². The Morgan fingerprint density at radius 3 is 2.52 bits per heavy atom. The fourth-order valence-electron chi connectivity index (χ4n) is 4.03. The quantitative estimate of drug-likeness (QED) is 0.637. The van der Waals surface area contributed by atoms with Gasteiger partial charge in [-0.25, -0.2) is 4.90 Å². The molecule has 0 saturated carbocycles. The maximum absolute atomic E-state index is 13.2. The number of nitrogens with zero attached hydrogens (tertiary/aromatic N) is 1. The van der Waals surface area contributed by atoms with Gasteiger partial charge in [0.05, 0.1) is 30.2 Å². The average molecular weight is 389 g/mol. The minimum absolute atomic E-state index is 0.132. The smallest absolute Gasteiger partial charge is 0.241 e. The van der Waals surface area contributed by atoms with E-state index in [0.717, 1.165) is 0 Å². The molecule has 1 aromatic rings. The maximum Gasteiger partial charge on any atom is 0.241 e. The number of carbonyl (C=O) groups is 3. The minimum atomic E-state index is -0.982. The zero-order valence-electron chi connectivity index (χ0n) is 15.4. The molecule has 6 nitrogen and oxygen atoms in total. The third-order valence-corrected chi connectivity index (χ3v) is 5.70. The first-order valence-corrected chi connectivity index (χ1v) is 9.31. The van der Waals surface area contributed by atoms with Gasteiger partial charge in [-0.1, -0.05) is 44.5 Å². The Kier molecular flexibility index (Phi) is 3.98. The first-order valence-electron chi connectivity index (χ1n) is 8.93. The third kappa shape index (κ3) is 2.70. The molecule has 0 aromatic heterocycles. The van der Waals surface area contributed by atoms with Crippen LogP contribution < -0.4 is 10.2 Å². The van der Waals surface area contributed by atoms with E-state index in [2.05, 4.69) is 5.32 Å². The summed E-state index contributed by atoms with van der Waals surface area (Å²) in [6.07, 6.45) is 3.19. The molecule has 2 saturated heterocycles. The van der Waals surface area contributed by atoms with Gasteiger partial charge < -0.3 is 10.1 Å². The molecule has 3 aliphatic heterocycles. The van der Waals surface area contributed by atoms with Crippen molar-refractivity contribution in [2.45, 2.75) is 32.5 Å². The van der Waals surface area contributed by atoms with Crippen LogP contribution >= 0.6 is 11.6 Å². The predicted octanol–water partition coefficient (Wildman–Crippen LogP) is 2.32. The molecule has 3 aliphatic rings. The number of anilines is 1. The third-order valence-electron chi connectivity index (χ3n) is 5.45. The summed E-state index contributed by atoms with van der Waals surface area (Å²) in [6.45, 7) is 5.61. The highest BCUT2D eigenvalue weighted by Gasteiger charge is 2.67. The first kappa shape index (κ1) is 18.2. The fourth-order valence-corrected chi connectivity index (χ4v) is 4.16. The molecule has 2 fully saturated rings. The molecule has 0 unspecified atom stereocenters. The van der Waals surface area contributed by atoms with Gasteiger partial charge in [-0.05, 0) is 24.3 Å². The second kappa shape index (κ2) is 5.91. The van der Waals surface area contributed by atoms with E-state index >= 15 is 0 Å². The van der Waals surface area contributed by atoms with E-state index in [1.165, 1.54) is 4.90 Å². The lowest BCUT2D eigenvalue weighted by Gasteiger charge is -2.30. The van der Waals surface area contributed by atoms with Crippen molar-refractivity contribution >= 4 is 35.0 Å². The lowest BCUT2D eigenvalue weighted by molar-refractivity contribution is -0.132. The number of fused-ring (bicyclic) bond motifs is 5. The van der Waals surface area contributed by atoms with Crippen LogP contribution in [0.25, 0.3) is 0 Å². The molecule has 3 heterocycles. The number of nitrogens with one attached hydrogen (secondary N) is 1. The topological polar surface area (TPSA) is 75.7 Å². The number of amides is 3. The largest absolute Gasteiger partial charge is 0.360 e. The van der Waals surface area contributed by atoms with Crippen molar-refractivity contribution in [1.29, 1.82) is 0 Å². The van der Waals surface area contributed by atoms with E-state index < -0.39 is 29.0 Å². The SMILES string of the molecule is CC(C)(C)C(=O)NC[C@@]12C=C[C@H](O1)[C@H]1C(=O)N(c3ccc(Cl)cc3)C(=O)[C@@H]12. The van der Waals surface area contributed by atoms with Gasteiger partial charge in [0, 0.05) is 10.4 Å². The lowest BCUT2D eigenvalue weighted by atomic mass is 9.76. The summed E-state index contributed by atoms with van der Waals surface area (Å²) in [5.41, 5.74) is -1.04. The molecule has 2 bridgehead atoms. The number of imide groups is 1. The van der Waals surface area contributed by atoms with Crippen LogP contribution in [0.15, 0.2) is 36.4 Å². The Labute approximate surface area is 162 Å². The molecule has 27 heavy (non-hydrogen) atoms. The molecule has 4 rings (SSSR count). The van der Waals surface area contributed by atoms with Crippen LogP contribution in [0.1, 0.15) is 20.8 Å². The second-order valence-electron chi connectivity index (χ2n) is 8.32. The van der Waals surface area contributed by atoms with E-state index in [-0.39, 0.29) is 24.3 Å². The average Bonchev–Trinajstić information content (AvgIpc) is 3.24. The number of carbonyl (C=O) groups excluding carboxylic acids is 3. The Hall–Kier alpha value is -2.18. The van der Waals surface area contributed by atoms with E-state index in [1.54, 1.807) is 24.3 Å². The van der Waals surface area contributed by atoms with Crippen molar-refractivity contribution in [3.05, 3.63) is 41.4 Å². The van der Waals surface area contributed by atoms with Crippen LogP contribution in [0.5, 0.6) is 0 Å². The van der Waals surface area contributed by atoms with Gasteiger partial charge in [0.25, 0.3) is 0 Å². The van der Waals surface area contributed by atoms with Crippen molar-refractivity contribution in [2.24, 2.45) is 17.3 Å². The Morgan fingerprint density at radius 1 is 1.22 bits per heavy atom. The number of rotatable bonds is 3. The van der Waals surface area contributed by atoms with Gasteiger partial charge in [0.15, 0.2) is 0 Å². The van der Waals surface area contributed by atoms with E-state index in [0.29, 0.717) is 10.7 Å². The van der Waals surface area contributed by atoms with Gasteiger partial charge in [0.1, 0.15) is 5.60 Å². The van der Waals surface area contributed by atoms with Crippen LogP contribution in [0.3, 0.4) is 0 Å². The Bertz CT molecular complexity index is 858. The van der Waals surface area contributed by atoms with Crippen LogP contribution in [0, 0.1) is 17.3 Å². The zero-order chi connectivity index (χ0) is 19.6. The Morgan fingerprint density at radius 2 is 1.89 bits per heavy atom. The van der Waals surface area contributed by atoms with E-state index in [1.807, 2.05) is 32.9 Å². The summed E-state index contributed by atoms with van der Waals surface area (Å²) in [4.78, 5) is 39.6. The summed E-state index contributed by atoms with van der Waals surface area (Å²) < 4.78 is 6.02.